The summed E-state index contributed by atoms with van der Waals surface area (Å²) < 4.78 is 11.4. The van der Waals surface area contributed by atoms with Gasteiger partial charge >= 0.3 is 0 Å². The summed E-state index contributed by atoms with van der Waals surface area (Å²) in [6.45, 7) is 0.450. The van der Waals surface area contributed by atoms with Gasteiger partial charge in [0.1, 0.15) is 0 Å². The van der Waals surface area contributed by atoms with Gasteiger partial charge in [-0.3, -0.25) is 4.79 Å². The van der Waals surface area contributed by atoms with Crippen LogP contribution in [-0.4, -0.2) is 26.2 Å². The maximum atomic E-state index is 12.1. The zero-order valence-corrected chi connectivity index (χ0v) is 13.9. The van der Waals surface area contributed by atoms with Gasteiger partial charge in [0.2, 0.25) is 5.91 Å². The average Bonchev–Trinajstić information content (AvgIpc) is 2.91. The Morgan fingerprint density at radius 3 is 2.57 bits per heavy atom. The van der Waals surface area contributed by atoms with Gasteiger partial charge in [-0.05, 0) is 37.0 Å². The molecule has 1 aliphatic rings. The van der Waals surface area contributed by atoms with E-state index in [1.165, 1.54) is 0 Å². The summed E-state index contributed by atoms with van der Waals surface area (Å²) in [6, 6.07) is 3.86. The Hall–Kier alpha value is -1.27. The first-order valence-corrected chi connectivity index (χ1v) is 7.78. The summed E-state index contributed by atoms with van der Waals surface area (Å²) in [7, 11) is 3.18. The van der Waals surface area contributed by atoms with E-state index in [0.717, 1.165) is 29.3 Å². The minimum absolute atomic E-state index is 0.0407. The number of amides is 1. The van der Waals surface area contributed by atoms with E-state index in [-0.39, 0.29) is 17.9 Å². The third-order valence-electron chi connectivity index (χ3n) is 3.85. The third-order valence-corrected chi connectivity index (χ3v) is 4.59. The molecule has 2 rings (SSSR count). The Labute approximate surface area is 133 Å². The van der Waals surface area contributed by atoms with Gasteiger partial charge in [-0.2, -0.15) is 0 Å². The summed E-state index contributed by atoms with van der Waals surface area (Å²) in [5.74, 6) is 1.41. The average molecular weight is 357 g/mol. The van der Waals surface area contributed by atoms with Crippen LogP contribution in [-0.2, 0) is 11.3 Å². The van der Waals surface area contributed by atoms with E-state index in [1.807, 2.05) is 12.1 Å². The molecule has 1 aliphatic carbocycles. The molecular weight excluding hydrogens is 336 g/mol. The van der Waals surface area contributed by atoms with Crippen LogP contribution >= 0.6 is 15.9 Å². The highest BCUT2D eigenvalue weighted by Crippen LogP contribution is 2.33. The molecule has 2 atom stereocenters. The number of hydrogen-bond acceptors (Lipinski definition) is 4. The van der Waals surface area contributed by atoms with Crippen LogP contribution in [0.5, 0.6) is 11.5 Å². The van der Waals surface area contributed by atoms with Crippen LogP contribution in [0.1, 0.15) is 24.8 Å². The van der Waals surface area contributed by atoms with Gasteiger partial charge in [-0.25, -0.2) is 0 Å². The normalized spacial score (nSPS) is 21.1. The largest absolute Gasteiger partial charge is 0.493 e. The molecular formula is C15H21BrN2O3. The number of carbonyl (C=O) groups excluding carboxylic acids is 1. The zero-order valence-electron chi connectivity index (χ0n) is 12.3. The molecule has 0 aromatic heterocycles. The number of hydrogen-bond donors (Lipinski definition) is 2. The van der Waals surface area contributed by atoms with Crippen LogP contribution in [0.4, 0.5) is 0 Å². The second-order valence-corrected chi connectivity index (χ2v) is 6.14. The molecule has 0 bridgehead atoms. The highest BCUT2D eigenvalue weighted by atomic mass is 79.9. The van der Waals surface area contributed by atoms with E-state index < -0.39 is 0 Å². The Balaban J connectivity index is 2.01. The molecule has 6 heteroatoms. The van der Waals surface area contributed by atoms with E-state index >= 15 is 0 Å². The van der Waals surface area contributed by atoms with E-state index in [9.17, 15) is 4.79 Å². The minimum Gasteiger partial charge on any atom is -0.493 e. The maximum Gasteiger partial charge on any atom is 0.223 e. The van der Waals surface area contributed by atoms with E-state index in [2.05, 4.69) is 21.2 Å². The quantitative estimate of drug-likeness (QED) is 0.848. The fourth-order valence-corrected chi connectivity index (χ4v) is 3.08. The van der Waals surface area contributed by atoms with Crippen molar-refractivity contribution in [2.45, 2.75) is 31.8 Å². The molecule has 1 fully saturated rings. The number of methoxy groups -OCH3 is 2. The molecule has 1 amide bonds. The fraction of sp³-hybridized carbons (Fsp3) is 0.533. The van der Waals surface area contributed by atoms with Crippen LogP contribution < -0.4 is 20.5 Å². The topological polar surface area (TPSA) is 73.6 Å². The van der Waals surface area contributed by atoms with Crippen molar-refractivity contribution in [1.29, 1.82) is 0 Å². The SMILES string of the molecule is COc1cc(Br)c(CNC(=O)C2CCC(N)C2)cc1OC. The van der Waals surface area contributed by atoms with Crippen LogP contribution in [0, 0.1) is 5.92 Å². The number of carbonyl (C=O) groups is 1. The number of halogens is 1. The van der Waals surface area contributed by atoms with Gasteiger partial charge in [-0.1, -0.05) is 15.9 Å². The monoisotopic (exact) mass is 356 g/mol. The van der Waals surface area contributed by atoms with Gasteiger partial charge in [0.05, 0.1) is 14.2 Å². The molecule has 0 saturated heterocycles. The maximum absolute atomic E-state index is 12.1. The number of nitrogens with one attached hydrogen (secondary N) is 1. The molecule has 21 heavy (non-hydrogen) atoms. The first-order chi connectivity index (χ1) is 10.0. The number of benzene rings is 1. The fourth-order valence-electron chi connectivity index (χ4n) is 2.61. The third kappa shape index (κ3) is 3.89. The molecule has 0 aliphatic heterocycles. The van der Waals surface area contributed by atoms with Crippen LogP contribution in [0.15, 0.2) is 16.6 Å². The van der Waals surface area contributed by atoms with Crippen molar-refractivity contribution < 1.29 is 14.3 Å². The molecule has 1 aromatic rings. The molecule has 0 heterocycles. The summed E-state index contributed by atoms with van der Waals surface area (Å²) in [5.41, 5.74) is 6.79. The smallest absolute Gasteiger partial charge is 0.223 e. The Kier molecular flexibility index (Phi) is 5.47. The van der Waals surface area contributed by atoms with Crippen LogP contribution in [0.3, 0.4) is 0 Å². The summed E-state index contributed by atoms with van der Waals surface area (Å²) in [4.78, 5) is 12.1. The number of nitrogens with two attached hydrogens (primary N) is 1. The van der Waals surface area contributed by atoms with E-state index in [1.54, 1.807) is 14.2 Å². The van der Waals surface area contributed by atoms with E-state index in [4.69, 9.17) is 15.2 Å². The second-order valence-electron chi connectivity index (χ2n) is 5.29. The van der Waals surface area contributed by atoms with Crippen molar-refractivity contribution in [3.63, 3.8) is 0 Å². The lowest BCUT2D eigenvalue weighted by molar-refractivity contribution is -0.125. The van der Waals surface area contributed by atoms with Crippen LogP contribution in [0.2, 0.25) is 0 Å². The van der Waals surface area contributed by atoms with Gasteiger partial charge in [0.15, 0.2) is 11.5 Å². The van der Waals surface area contributed by atoms with Crippen LogP contribution in [0.25, 0.3) is 0 Å². The van der Waals surface area contributed by atoms with Crippen molar-refractivity contribution in [3.8, 4) is 11.5 Å². The highest BCUT2D eigenvalue weighted by molar-refractivity contribution is 9.10. The predicted octanol–water partition coefficient (Wildman–Crippen LogP) is 2.21. The van der Waals surface area contributed by atoms with Crippen molar-refractivity contribution >= 4 is 21.8 Å². The Morgan fingerprint density at radius 1 is 1.33 bits per heavy atom. The van der Waals surface area contributed by atoms with Crippen molar-refractivity contribution in [3.05, 3.63) is 22.2 Å². The van der Waals surface area contributed by atoms with Gasteiger partial charge in [-0.15, -0.1) is 0 Å². The van der Waals surface area contributed by atoms with Crippen molar-refractivity contribution in [1.82, 2.24) is 5.32 Å². The van der Waals surface area contributed by atoms with Crippen molar-refractivity contribution in [2.24, 2.45) is 11.7 Å². The van der Waals surface area contributed by atoms with Gasteiger partial charge in [0, 0.05) is 23.0 Å². The second kappa shape index (κ2) is 7.13. The van der Waals surface area contributed by atoms with Crippen molar-refractivity contribution in [2.75, 3.05) is 14.2 Å². The molecule has 116 valence electrons. The molecule has 1 aromatic carbocycles. The lowest BCUT2D eigenvalue weighted by Crippen LogP contribution is -2.30. The Morgan fingerprint density at radius 2 is 2.00 bits per heavy atom. The standard InChI is InChI=1S/C15H21BrN2O3/c1-20-13-6-10(12(16)7-14(13)21-2)8-18-15(19)9-3-4-11(17)5-9/h6-7,9,11H,3-5,8,17H2,1-2H3,(H,18,19). The highest BCUT2D eigenvalue weighted by Gasteiger charge is 2.27. The summed E-state index contributed by atoms with van der Waals surface area (Å²) in [5, 5.41) is 2.97. The molecule has 2 unspecified atom stereocenters. The van der Waals surface area contributed by atoms with Gasteiger partial charge in [0.25, 0.3) is 0 Å². The molecule has 1 saturated carbocycles. The molecule has 0 spiro atoms. The summed E-state index contributed by atoms with van der Waals surface area (Å²) >= 11 is 3.49. The molecule has 0 radical (unpaired) electrons. The lowest BCUT2D eigenvalue weighted by atomic mass is 10.1. The lowest BCUT2D eigenvalue weighted by Gasteiger charge is -2.14. The molecule has 3 N–H and O–H groups in total. The number of ether oxygens (including phenoxy) is 2. The number of rotatable bonds is 5. The van der Waals surface area contributed by atoms with E-state index in [0.29, 0.717) is 18.0 Å². The van der Waals surface area contributed by atoms with Gasteiger partial charge < -0.3 is 20.5 Å². The molecule has 5 nitrogen and oxygen atoms in total. The minimum atomic E-state index is 0.0407. The Bertz CT molecular complexity index is 522. The zero-order chi connectivity index (χ0) is 15.4. The first-order valence-electron chi connectivity index (χ1n) is 6.98. The summed E-state index contributed by atoms with van der Waals surface area (Å²) in [6.07, 6.45) is 2.58. The first kappa shape index (κ1) is 16.1. The predicted molar refractivity (Wildman–Crippen MR) is 84.4 cm³/mol.